The molecule has 11 heteroatoms. The monoisotopic (exact) mass is 557 g/mol. The molecule has 2 atom stereocenters. The van der Waals surface area contributed by atoms with Crippen molar-refractivity contribution in [3.05, 3.63) is 65.0 Å². The minimum atomic E-state index is -1.05. The van der Waals surface area contributed by atoms with Gasteiger partial charge in [0.25, 0.3) is 11.8 Å². The van der Waals surface area contributed by atoms with Crippen molar-refractivity contribution < 1.29 is 28.3 Å². The van der Waals surface area contributed by atoms with Crippen molar-refractivity contribution in [3.8, 4) is 17.2 Å². The average Bonchev–Trinajstić information content (AvgIpc) is 3.59. The molecule has 1 aromatic heterocycles. The number of amides is 3. The third kappa shape index (κ3) is 5.07. The molecule has 4 heterocycles. The van der Waals surface area contributed by atoms with E-state index in [0.717, 1.165) is 36.7 Å². The minimum Gasteiger partial charge on any atom is -0.491 e. The Hall–Kier alpha value is -4.54. The maximum Gasteiger partial charge on any atom is 0.255 e. The number of aryl methyl sites for hydroxylation is 1. The van der Waals surface area contributed by atoms with Crippen molar-refractivity contribution in [2.45, 2.75) is 57.2 Å². The lowest BCUT2D eigenvalue weighted by Crippen LogP contribution is -2.60. The van der Waals surface area contributed by atoms with Gasteiger partial charge in [-0.1, -0.05) is 0 Å². The van der Waals surface area contributed by atoms with Gasteiger partial charge in [-0.2, -0.15) is 0 Å². The van der Waals surface area contributed by atoms with Crippen LogP contribution in [0.15, 0.2) is 46.9 Å². The Morgan fingerprint density at radius 2 is 2.00 bits per heavy atom. The SMILES string of the molecule is Cc1nnc(-c2ccc(C(=O)N3CCCC[C@@H]3COc3ccc4c(c3)CN(C3(C=O)CCC(=O)NC3)C4=O)cc2)o1. The minimum absolute atomic E-state index is 0.0551. The van der Waals surface area contributed by atoms with Crippen LogP contribution in [-0.4, -0.2) is 75.3 Å². The summed E-state index contributed by atoms with van der Waals surface area (Å²) in [6.45, 7) is 3.09. The van der Waals surface area contributed by atoms with Gasteiger partial charge < -0.3 is 29.1 Å². The van der Waals surface area contributed by atoms with Crippen LogP contribution >= 0.6 is 0 Å². The molecular formula is C30H31N5O6. The number of ether oxygens (including phenoxy) is 1. The molecule has 3 amide bonds. The van der Waals surface area contributed by atoms with Crippen LogP contribution in [0.5, 0.6) is 5.75 Å². The Morgan fingerprint density at radius 1 is 1.17 bits per heavy atom. The lowest BCUT2D eigenvalue weighted by molar-refractivity contribution is -0.128. The van der Waals surface area contributed by atoms with E-state index in [9.17, 15) is 19.2 Å². The van der Waals surface area contributed by atoms with Gasteiger partial charge in [-0.3, -0.25) is 14.4 Å². The van der Waals surface area contributed by atoms with E-state index in [4.69, 9.17) is 9.15 Å². The summed E-state index contributed by atoms with van der Waals surface area (Å²) in [7, 11) is 0. The van der Waals surface area contributed by atoms with Crippen LogP contribution in [0.4, 0.5) is 0 Å². The fourth-order valence-corrected chi connectivity index (χ4v) is 5.87. The second-order valence-corrected chi connectivity index (χ2v) is 10.9. The van der Waals surface area contributed by atoms with E-state index in [2.05, 4.69) is 15.5 Å². The molecule has 212 valence electrons. The zero-order valence-corrected chi connectivity index (χ0v) is 22.8. The van der Waals surface area contributed by atoms with Gasteiger partial charge in [-0.05, 0) is 73.7 Å². The van der Waals surface area contributed by atoms with Gasteiger partial charge in [0.2, 0.25) is 17.7 Å². The summed E-state index contributed by atoms with van der Waals surface area (Å²) < 4.78 is 11.6. The van der Waals surface area contributed by atoms with Crippen LogP contribution in [0.1, 0.15) is 64.3 Å². The quantitative estimate of drug-likeness (QED) is 0.438. The van der Waals surface area contributed by atoms with Crippen molar-refractivity contribution >= 4 is 24.0 Å². The Labute approximate surface area is 236 Å². The highest BCUT2D eigenvalue weighted by molar-refractivity contribution is 6.01. The second kappa shape index (κ2) is 10.8. The van der Waals surface area contributed by atoms with E-state index in [1.54, 1.807) is 48.2 Å². The Morgan fingerprint density at radius 3 is 2.71 bits per heavy atom. The molecule has 11 nitrogen and oxygen atoms in total. The Balaban J connectivity index is 1.12. The molecule has 41 heavy (non-hydrogen) atoms. The van der Waals surface area contributed by atoms with Crippen molar-refractivity contribution in [2.24, 2.45) is 0 Å². The molecule has 2 aromatic carbocycles. The summed E-state index contributed by atoms with van der Waals surface area (Å²) in [5.41, 5.74) is 1.59. The number of aldehydes is 1. The van der Waals surface area contributed by atoms with E-state index in [-0.39, 0.29) is 43.3 Å². The third-order valence-electron chi connectivity index (χ3n) is 8.25. The first kappa shape index (κ1) is 26.7. The molecule has 3 aliphatic rings. The number of fused-ring (bicyclic) bond motifs is 1. The molecule has 0 spiro atoms. The number of likely N-dealkylation sites (tertiary alicyclic amines) is 1. The van der Waals surface area contributed by atoms with E-state index >= 15 is 0 Å². The normalized spacial score (nSPS) is 22.3. The van der Waals surface area contributed by atoms with Gasteiger partial charge in [0.15, 0.2) is 0 Å². The predicted molar refractivity (Wildman–Crippen MR) is 146 cm³/mol. The fraction of sp³-hybridized carbons (Fsp3) is 0.400. The highest BCUT2D eigenvalue weighted by Gasteiger charge is 2.46. The van der Waals surface area contributed by atoms with Crippen molar-refractivity contribution in [1.82, 2.24) is 25.3 Å². The summed E-state index contributed by atoms with van der Waals surface area (Å²) in [6.07, 6.45) is 4.04. The average molecular weight is 558 g/mol. The second-order valence-electron chi connectivity index (χ2n) is 10.9. The molecule has 2 fully saturated rings. The largest absolute Gasteiger partial charge is 0.491 e. The van der Waals surface area contributed by atoms with Gasteiger partial charge in [0.05, 0.1) is 6.04 Å². The lowest BCUT2D eigenvalue weighted by atomic mass is 9.89. The number of carbonyl (C=O) groups excluding carboxylic acids is 4. The number of nitrogens with zero attached hydrogens (tertiary/aromatic N) is 4. The first-order valence-corrected chi connectivity index (χ1v) is 13.9. The maximum atomic E-state index is 13.4. The maximum absolute atomic E-state index is 13.4. The van der Waals surface area contributed by atoms with Gasteiger partial charge in [-0.25, -0.2) is 0 Å². The summed E-state index contributed by atoms with van der Waals surface area (Å²) in [6, 6.07) is 12.4. The number of rotatable bonds is 7. The summed E-state index contributed by atoms with van der Waals surface area (Å²) in [4.78, 5) is 53.8. The van der Waals surface area contributed by atoms with E-state index in [0.29, 0.717) is 48.2 Å². The molecule has 1 N–H and O–H groups in total. The molecule has 3 aliphatic heterocycles. The number of benzene rings is 2. The van der Waals surface area contributed by atoms with Crippen LogP contribution in [-0.2, 0) is 16.1 Å². The molecule has 0 bridgehead atoms. The van der Waals surface area contributed by atoms with Gasteiger partial charge >= 0.3 is 0 Å². The summed E-state index contributed by atoms with van der Waals surface area (Å²) in [5, 5.41) is 10.6. The predicted octanol–water partition coefficient (Wildman–Crippen LogP) is 2.92. The van der Waals surface area contributed by atoms with Crippen molar-refractivity contribution in [2.75, 3.05) is 19.7 Å². The van der Waals surface area contributed by atoms with Crippen LogP contribution in [0, 0.1) is 6.92 Å². The Bertz CT molecular complexity index is 1490. The molecular weight excluding hydrogens is 526 g/mol. The third-order valence-corrected chi connectivity index (χ3v) is 8.25. The van der Waals surface area contributed by atoms with Gasteiger partial charge in [0, 0.05) is 49.7 Å². The van der Waals surface area contributed by atoms with Crippen LogP contribution < -0.4 is 10.1 Å². The lowest BCUT2D eigenvalue weighted by Gasteiger charge is -2.40. The molecule has 1 unspecified atom stereocenters. The molecule has 0 radical (unpaired) electrons. The number of carbonyl (C=O) groups is 4. The highest BCUT2D eigenvalue weighted by atomic mass is 16.5. The molecule has 3 aromatic rings. The number of nitrogens with one attached hydrogen (secondary N) is 1. The molecule has 6 rings (SSSR count). The van der Waals surface area contributed by atoms with Crippen LogP contribution in [0.3, 0.4) is 0 Å². The zero-order chi connectivity index (χ0) is 28.6. The van der Waals surface area contributed by atoms with Crippen molar-refractivity contribution in [3.63, 3.8) is 0 Å². The molecule has 0 saturated carbocycles. The van der Waals surface area contributed by atoms with Gasteiger partial charge in [-0.15, -0.1) is 10.2 Å². The van der Waals surface area contributed by atoms with E-state index in [1.807, 2.05) is 11.0 Å². The number of aromatic nitrogens is 2. The summed E-state index contributed by atoms with van der Waals surface area (Å²) >= 11 is 0. The van der Waals surface area contributed by atoms with E-state index in [1.165, 1.54) is 0 Å². The first-order chi connectivity index (χ1) is 19.9. The van der Waals surface area contributed by atoms with Gasteiger partial charge in [0.1, 0.15) is 24.2 Å². The highest BCUT2D eigenvalue weighted by Crippen LogP contribution is 2.34. The first-order valence-electron chi connectivity index (χ1n) is 13.9. The number of hydrogen-bond donors (Lipinski definition) is 1. The van der Waals surface area contributed by atoms with Crippen LogP contribution in [0.2, 0.25) is 0 Å². The number of piperidine rings is 2. The van der Waals surface area contributed by atoms with Crippen LogP contribution in [0.25, 0.3) is 11.5 Å². The Kier molecular flexibility index (Phi) is 7.02. The smallest absolute Gasteiger partial charge is 0.255 e. The van der Waals surface area contributed by atoms with Crippen molar-refractivity contribution in [1.29, 1.82) is 0 Å². The van der Waals surface area contributed by atoms with E-state index < -0.39 is 5.54 Å². The topological polar surface area (TPSA) is 135 Å². The number of hydrogen-bond acceptors (Lipinski definition) is 8. The summed E-state index contributed by atoms with van der Waals surface area (Å²) in [5.74, 6) is 1.10. The molecule has 2 saturated heterocycles. The fourth-order valence-electron chi connectivity index (χ4n) is 5.87. The zero-order valence-electron chi connectivity index (χ0n) is 22.8. The standard InChI is InChI=1S/C30H31N5O6/c1-19-32-33-27(41-19)20-5-7-21(8-6-20)28(38)34-13-3-2-4-23(34)16-40-24-9-10-25-22(14-24)15-35(29(25)39)30(18-36)12-11-26(37)31-17-30/h5-10,14,18,23H,2-4,11-13,15-17H2,1H3,(H,31,37)/t23-,30?/m1/s1. The molecule has 0 aliphatic carbocycles.